The molecular formula is C14H24N4O3. The summed E-state index contributed by atoms with van der Waals surface area (Å²) in [5.41, 5.74) is 2.92. The normalized spacial score (nSPS) is 10.8. The lowest BCUT2D eigenvalue weighted by atomic mass is 10.2. The topological polar surface area (TPSA) is 91.8 Å². The van der Waals surface area contributed by atoms with Gasteiger partial charge in [0.25, 0.3) is 0 Å². The van der Waals surface area contributed by atoms with Crippen LogP contribution in [0.3, 0.4) is 0 Å². The molecule has 0 fully saturated rings. The van der Waals surface area contributed by atoms with Gasteiger partial charge in [0.15, 0.2) is 5.76 Å². The zero-order chi connectivity index (χ0) is 16.0. The van der Waals surface area contributed by atoms with Crippen molar-refractivity contribution >= 4 is 11.8 Å². The standard InChI is InChI=1S/C14H24N4O3/c1-5-6-18(9-13(19)17(3)4)8-11-7-12(14(20)16-15)21-10(11)2/h7H,5-6,8-9,15H2,1-4H3,(H,16,20). The van der Waals surface area contributed by atoms with Crippen LogP contribution in [0.15, 0.2) is 10.5 Å². The highest BCUT2D eigenvalue weighted by atomic mass is 16.4. The fourth-order valence-electron chi connectivity index (χ4n) is 1.96. The zero-order valence-corrected chi connectivity index (χ0v) is 13.1. The van der Waals surface area contributed by atoms with Crippen LogP contribution in [0, 0.1) is 6.92 Å². The summed E-state index contributed by atoms with van der Waals surface area (Å²) in [6.45, 7) is 5.54. The van der Waals surface area contributed by atoms with Crippen LogP contribution in [0.5, 0.6) is 0 Å². The van der Waals surface area contributed by atoms with Gasteiger partial charge in [-0.15, -0.1) is 0 Å². The number of carbonyl (C=O) groups excluding carboxylic acids is 2. The van der Waals surface area contributed by atoms with Gasteiger partial charge in [-0.3, -0.25) is 19.9 Å². The second-order valence-corrected chi connectivity index (χ2v) is 5.16. The summed E-state index contributed by atoms with van der Waals surface area (Å²) < 4.78 is 5.38. The van der Waals surface area contributed by atoms with E-state index >= 15 is 0 Å². The van der Waals surface area contributed by atoms with E-state index in [1.54, 1.807) is 32.0 Å². The Labute approximate surface area is 125 Å². The van der Waals surface area contributed by atoms with Gasteiger partial charge in [-0.1, -0.05) is 6.92 Å². The minimum absolute atomic E-state index is 0.0459. The summed E-state index contributed by atoms with van der Waals surface area (Å²) in [4.78, 5) is 26.9. The fraction of sp³-hybridized carbons (Fsp3) is 0.571. The van der Waals surface area contributed by atoms with Crippen molar-refractivity contribution in [3.63, 3.8) is 0 Å². The van der Waals surface area contributed by atoms with Crippen LogP contribution in [0.25, 0.3) is 0 Å². The maximum Gasteiger partial charge on any atom is 0.300 e. The molecule has 0 aliphatic rings. The van der Waals surface area contributed by atoms with Crippen molar-refractivity contribution in [1.82, 2.24) is 15.2 Å². The predicted octanol–water partition coefficient (Wildman–Crippen LogP) is 0.492. The Balaban J connectivity index is 2.81. The van der Waals surface area contributed by atoms with Crippen LogP contribution in [0.1, 0.15) is 35.2 Å². The highest BCUT2D eigenvalue weighted by Gasteiger charge is 2.17. The van der Waals surface area contributed by atoms with Gasteiger partial charge in [-0.05, 0) is 26.0 Å². The molecule has 21 heavy (non-hydrogen) atoms. The number of furan rings is 1. The van der Waals surface area contributed by atoms with Crippen LogP contribution < -0.4 is 11.3 Å². The number of hydrogen-bond donors (Lipinski definition) is 2. The average molecular weight is 296 g/mol. The van der Waals surface area contributed by atoms with E-state index in [0.717, 1.165) is 18.5 Å². The molecule has 1 heterocycles. The summed E-state index contributed by atoms with van der Waals surface area (Å²) in [6.07, 6.45) is 0.938. The second kappa shape index (κ2) is 7.80. The van der Waals surface area contributed by atoms with Gasteiger partial charge in [0, 0.05) is 26.2 Å². The van der Waals surface area contributed by atoms with Crippen LogP contribution in [-0.2, 0) is 11.3 Å². The zero-order valence-electron chi connectivity index (χ0n) is 13.1. The molecule has 0 aliphatic carbocycles. The number of nitrogen functional groups attached to an aromatic ring is 1. The maximum atomic E-state index is 11.8. The van der Waals surface area contributed by atoms with E-state index < -0.39 is 5.91 Å². The van der Waals surface area contributed by atoms with E-state index in [4.69, 9.17) is 10.3 Å². The van der Waals surface area contributed by atoms with Crippen molar-refractivity contribution in [3.8, 4) is 0 Å². The van der Waals surface area contributed by atoms with Gasteiger partial charge < -0.3 is 9.32 Å². The molecule has 7 nitrogen and oxygen atoms in total. The van der Waals surface area contributed by atoms with Gasteiger partial charge in [-0.25, -0.2) is 5.84 Å². The van der Waals surface area contributed by atoms with Gasteiger partial charge in [0.05, 0.1) is 6.54 Å². The molecular weight excluding hydrogens is 272 g/mol. The third-order valence-electron chi connectivity index (χ3n) is 3.17. The first-order chi connectivity index (χ1) is 9.88. The number of nitrogens with one attached hydrogen (secondary N) is 1. The SMILES string of the molecule is CCCN(CC(=O)N(C)C)Cc1cc(C(=O)NN)oc1C. The van der Waals surface area contributed by atoms with Crippen LogP contribution >= 0.6 is 0 Å². The minimum Gasteiger partial charge on any atom is -0.456 e. The lowest BCUT2D eigenvalue weighted by Gasteiger charge is -2.22. The van der Waals surface area contributed by atoms with Gasteiger partial charge in [-0.2, -0.15) is 0 Å². The number of carbonyl (C=O) groups is 2. The Hall–Kier alpha value is -1.86. The summed E-state index contributed by atoms with van der Waals surface area (Å²) in [7, 11) is 3.47. The molecule has 0 spiro atoms. The molecule has 0 unspecified atom stereocenters. The Morgan fingerprint density at radius 2 is 2.05 bits per heavy atom. The van der Waals surface area contributed by atoms with E-state index in [-0.39, 0.29) is 11.7 Å². The summed E-state index contributed by atoms with van der Waals surface area (Å²) in [5.74, 6) is 5.52. The van der Waals surface area contributed by atoms with Crippen molar-refractivity contribution in [1.29, 1.82) is 0 Å². The smallest absolute Gasteiger partial charge is 0.300 e. The average Bonchev–Trinajstić information content (AvgIpc) is 2.79. The monoisotopic (exact) mass is 296 g/mol. The molecule has 0 aliphatic heterocycles. The number of amides is 2. The van der Waals surface area contributed by atoms with Crippen molar-refractivity contribution in [2.45, 2.75) is 26.8 Å². The molecule has 7 heteroatoms. The molecule has 1 aromatic rings. The third kappa shape index (κ3) is 4.87. The lowest BCUT2D eigenvalue weighted by Crippen LogP contribution is -2.36. The molecule has 0 radical (unpaired) electrons. The Kier molecular flexibility index (Phi) is 6.39. The summed E-state index contributed by atoms with van der Waals surface area (Å²) in [5, 5.41) is 0. The molecule has 0 bridgehead atoms. The van der Waals surface area contributed by atoms with E-state index in [1.165, 1.54) is 0 Å². The number of rotatable bonds is 7. The fourth-order valence-corrected chi connectivity index (χ4v) is 1.96. The number of nitrogens with zero attached hydrogens (tertiary/aromatic N) is 2. The quantitative estimate of drug-likeness (QED) is 0.434. The molecule has 0 saturated heterocycles. The summed E-state index contributed by atoms with van der Waals surface area (Å²) in [6, 6.07) is 1.67. The van der Waals surface area contributed by atoms with Crippen LogP contribution in [0.4, 0.5) is 0 Å². The Morgan fingerprint density at radius 3 is 2.57 bits per heavy atom. The highest BCUT2D eigenvalue weighted by molar-refractivity contribution is 5.91. The Bertz CT molecular complexity index is 496. The number of hydrazine groups is 1. The van der Waals surface area contributed by atoms with Gasteiger partial charge in [0.2, 0.25) is 5.91 Å². The van der Waals surface area contributed by atoms with E-state index in [1.807, 2.05) is 10.3 Å². The van der Waals surface area contributed by atoms with Crippen LogP contribution in [0.2, 0.25) is 0 Å². The highest BCUT2D eigenvalue weighted by Crippen LogP contribution is 2.17. The van der Waals surface area contributed by atoms with Crippen LogP contribution in [-0.4, -0.2) is 48.8 Å². The number of aryl methyl sites for hydroxylation is 1. The van der Waals surface area contributed by atoms with Crippen molar-refractivity contribution in [2.75, 3.05) is 27.2 Å². The number of nitrogens with two attached hydrogens (primary N) is 1. The van der Waals surface area contributed by atoms with E-state index in [2.05, 4.69) is 6.92 Å². The molecule has 1 aromatic heterocycles. The van der Waals surface area contributed by atoms with E-state index in [9.17, 15) is 9.59 Å². The molecule has 0 atom stereocenters. The number of hydrogen-bond acceptors (Lipinski definition) is 5. The molecule has 118 valence electrons. The van der Waals surface area contributed by atoms with Crippen molar-refractivity contribution < 1.29 is 14.0 Å². The second-order valence-electron chi connectivity index (χ2n) is 5.16. The number of likely N-dealkylation sites (N-methyl/N-ethyl adjacent to an activating group) is 1. The molecule has 0 saturated carbocycles. The molecule has 1 rings (SSSR count). The van der Waals surface area contributed by atoms with Crippen molar-refractivity contribution in [2.24, 2.45) is 5.84 Å². The molecule has 2 amide bonds. The van der Waals surface area contributed by atoms with Gasteiger partial charge in [0.1, 0.15) is 5.76 Å². The minimum atomic E-state index is -0.462. The first kappa shape index (κ1) is 17.2. The largest absolute Gasteiger partial charge is 0.456 e. The lowest BCUT2D eigenvalue weighted by molar-refractivity contribution is -0.130. The van der Waals surface area contributed by atoms with Gasteiger partial charge >= 0.3 is 5.91 Å². The molecule has 0 aromatic carbocycles. The first-order valence-electron chi connectivity index (χ1n) is 6.91. The van der Waals surface area contributed by atoms with Crippen molar-refractivity contribution in [3.05, 3.63) is 23.2 Å². The predicted molar refractivity (Wildman–Crippen MR) is 79.4 cm³/mol. The third-order valence-corrected chi connectivity index (χ3v) is 3.17. The summed E-state index contributed by atoms with van der Waals surface area (Å²) >= 11 is 0. The Morgan fingerprint density at radius 1 is 1.38 bits per heavy atom. The molecule has 3 N–H and O–H groups in total. The maximum absolute atomic E-state index is 11.8. The van der Waals surface area contributed by atoms with E-state index in [0.29, 0.717) is 18.8 Å². The first-order valence-corrected chi connectivity index (χ1v) is 6.91.